The maximum absolute atomic E-state index is 12.9. The zero-order valence-electron chi connectivity index (χ0n) is 51.5. The van der Waals surface area contributed by atoms with Crippen LogP contribution in [0.25, 0.3) is 0 Å². The highest BCUT2D eigenvalue weighted by Gasteiger charge is 2.22. The number of likely N-dealkylation sites (N-methyl/N-ethyl adjacent to an activating group) is 1. The lowest BCUT2D eigenvalue weighted by atomic mass is 10.0. The average molecular weight is 1100 g/mol. The third-order valence-corrected chi connectivity index (χ3v) is 13.5. The molecule has 0 fully saturated rings. The number of ether oxygens (including phenoxy) is 4. The van der Waals surface area contributed by atoms with Crippen molar-refractivity contribution in [1.29, 1.82) is 0 Å². The zero-order valence-corrected chi connectivity index (χ0v) is 51.5. The summed E-state index contributed by atoms with van der Waals surface area (Å²) >= 11 is 0. The van der Waals surface area contributed by atoms with Crippen LogP contribution in [0.5, 0.6) is 0 Å². The fourth-order valence-electron chi connectivity index (χ4n) is 8.65. The molecule has 0 heterocycles. The Balaban J connectivity index is 4.18. The third kappa shape index (κ3) is 61.4. The van der Waals surface area contributed by atoms with E-state index < -0.39 is 24.3 Å². The smallest absolute Gasteiger partial charge is 0.306 e. The number of unbranched alkanes of at least 4 members (excludes halogenated alkanes) is 25. The van der Waals surface area contributed by atoms with Crippen LogP contribution < -0.4 is 5.11 Å². The number of rotatable bonds is 58. The molecule has 9 nitrogen and oxygen atoms in total. The highest BCUT2D eigenvalue weighted by atomic mass is 16.7. The molecule has 0 aliphatic carbocycles. The Morgan fingerprint density at radius 2 is 0.722 bits per heavy atom. The number of allylic oxidation sites excluding steroid dienone is 18. The van der Waals surface area contributed by atoms with Gasteiger partial charge in [0.25, 0.3) is 0 Å². The van der Waals surface area contributed by atoms with E-state index in [-0.39, 0.29) is 32.2 Å². The van der Waals surface area contributed by atoms with E-state index in [0.717, 1.165) is 103 Å². The molecule has 0 bridgehead atoms. The van der Waals surface area contributed by atoms with Gasteiger partial charge in [0.15, 0.2) is 12.4 Å². The third-order valence-electron chi connectivity index (χ3n) is 13.5. The Morgan fingerprint density at radius 1 is 0.392 bits per heavy atom. The molecule has 0 saturated carbocycles. The molecule has 0 N–H and O–H groups in total. The van der Waals surface area contributed by atoms with Gasteiger partial charge in [0.05, 0.1) is 40.3 Å². The van der Waals surface area contributed by atoms with Crippen LogP contribution >= 0.6 is 0 Å². The predicted molar refractivity (Wildman–Crippen MR) is 333 cm³/mol. The van der Waals surface area contributed by atoms with Gasteiger partial charge in [-0.05, 0) is 83.5 Å². The number of quaternary nitrogens is 1. The Bertz CT molecular complexity index is 1660. The summed E-state index contributed by atoms with van der Waals surface area (Å²) in [5.41, 5.74) is 0. The minimum Gasteiger partial charge on any atom is -0.545 e. The summed E-state index contributed by atoms with van der Waals surface area (Å²) in [6, 6.07) is 0. The van der Waals surface area contributed by atoms with E-state index in [2.05, 4.69) is 123 Å². The van der Waals surface area contributed by atoms with E-state index >= 15 is 0 Å². The molecule has 0 amide bonds. The van der Waals surface area contributed by atoms with Gasteiger partial charge in [-0.15, -0.1) is 0 Å². The van der Waals surface area contributed by atoms with E-state index in [9.17, 15) is 19.5 Å². The number of carboxylic acids is 1. The molecule has 0 aliphatic heterocycles. The Kier molecular flexibility index (Phi) is 57.0. The summed E-state index contributed by atoms with van der Waals surface area (Å²) in [5.74, 6) is -2.29. The van der Waals surface area contributed by atoms with Crippen molar-refractivity contribution in [2.45, 2.75) is 270 Å². The largest absolute Gasteiger partial charge is 0.545 e. The van der Waals surface area contributed by atoms with Crippen molar-refractivity contribution in [2.75, 3.05) is 47.5 Å². The minimum atomic E-state index is -1.63. The summed E-state index contributed by atoms with van der Waals surface area (Å²) in [7, 11) is 5.92. The molecule has 2 atom stereocenters. The fourth-order valence-corrected chi connectivity index (χ4v) is 8.65. The molecule has 0 saturated heterocycles. The second-order valence-corrected chi connectivity index (χ2v) is 22.3. The number of hydrogen-bond donors (Lipinski definition) is 0. The lowest BCUT2D eigenvalue weighted by molar-refractivity contribution is -0.870. The molecule has 0 aromatic heterocycles. The highest BCUT2D eigenvalue weighted by Crippen LogP contribution is 2.16. The molecule has 2 unspecified atom stereocenters. The lowest BCUT2D eigenvalue weighted by Gasteiger charge is -2.26. The first kappa shape index (κ1) is 75.0. The Labute approximate surface area is 485 Å². The van der Waals surface area contributed by atoms with Crippen molar-refractivity contribution in [3.8, 4) is 0 Å². The van der Waals surface area contributed by atoms with Gasteiger partial charge >= 0.3 is 11.9 Å². The van der Waals surface area contributed by atoms with Crippen LogP contribution in [-0.4, -0.2) is 82.3 Å². The fraction of sp³-hybridized carbons (Fsp3) is 0.700. The van der Waals surface area contributed by atoms with Crippen LogP contribution in [-0.2, 0) is 33.3 Å². The van der Waals surface area contributed by atoms with E-state index in [0.29, 0.717) is 23.9 Å². The number of esters is 2. The van der Waals surface area contributed by atoms with Gasteiger partial charge in [-0.1, -0.05) is 271 Å². The predicted octanol–water partition coefficient (Wildman–Crippen LogP) is 18.1. The summed E-state index contributed by atoms with van der Waals surface area (Å²) in [6.45, 7) is 4.64. The van der Waals surface area contributed by atoms with Gasteiger partial charge in [0, 0.05) is 12.8 Å². The van der Waals surface area contributed by atoms with Crippen molar-refractivity contribution in [3.05, 3.63) is 109 Å². The van der Waals surface area contributed by atoms with Crippen LogP contribution in [0.2, 0.25) is 0 Å². The molecule has 0 radical (unpaired) electrons. The Hall–Kier alpha value is -4.05. The molecule has 0 spiro atoms. The number of carboxylic acid groups (broad SMARTS) is 1. The van der Waals surface area contributed by atoms with Gasteiger partial charge in [0.1, 0.15) is 13.2 Å². The van der Waals surface area contributed by atoms with Crippen LogP contribution in [0.1, 0.15) is 258 Å². The molecule has 79 heavy (non-hydrogen) atoms. The monoisotopic (exact) mass is 1100 g/mol. The molecule has 452 valence electrons. The number of aliphatic carboxylic acids is 1. The van der Waals surface area contributed by atoms with Gasteiger partial charge in [-0.3, -0.25) is 9.59 Å². The van der Waals surface area contributed by atoms with Crippen LogP contribution in [0.4, 0.5) is 0 Å². The summed E-state index contributed by atoms with van der Waals surface area (Å²) in [5, 5.41) is 11.8. The molecular formula is C70H119NO8. The van der Waals surface area contributed by atoms with Crippen LogP contribution in [0, 0.1) is 0 Å². The molecule has 9 heteroatoms. The molecule has 0 rings (SSSR count). The van der Waals surface area contributed by atoms with Gasteiger partial charge in [0.2, 0.25) is 0 Å². The maximum Gasteiger partial charge on any atom is 0.306 e. The quantitative estimate of drug-likeness (QED) is 0.0195. The average Bonchev–Trinajstić information content (AvgIpc) is 3.42. The maximum atomic E-state index is 12.9. The number of carbonyl (C=O) groups is 3. The van der Waals surface area contributed by atoms with Crippen molar-refractivity contribution in [3.63, 3.8) is 0 Å². The summed E-state index contributed by atoms with van der Waals surface area (Å²) in [4.78, 5) is 37.3. The van der Waals surface area contributed by atoms with Gasteiger partial charge in [-0.2, -0.15) is 0 Å². The molecule has 0 aliphatic rings. The summed E-state index contributed by atoms with van der Waals surface area (Å²) in [6.07, 6.45) is 80.0. The molecule has 0 aromatic rings. The lowest BCUT2D eigenvalue weighted by Crippen LogP contribution is -2.44. The number of nitrogens with zero attached hydrogens (tertiary/aromatic N) is 1. The first-order valence-electron chi connectivity index (χ1n) is 32.0. The van der Waals surface area contributed by atoms with E-state index in [1.54, 1.807) is 0 Å². The minimum absolute atomic E-state index is 0.143. The Morgan fingerprint density at radius 3 is 1.08 bits per heavy atom. The number of hydrogen-bond acceptors (Lipinski definition) is 8. The van der Waals surface area contributed by atoms with Crippen molar-refractivity contribution in [2.24, 2.45) is 0 Å². The topological polar surface area (TPSA) is 111 Å². The summed E-state index contributed by atoms with van der Waals surface area (Å²) < 4.78 is 22.7. The molecule has 0 aromatic carbocycles. The normalized spacial score (nSPS) is 13.5. The van der Waals surface area contributed by atoms with Crippen LogP contribution in [0.15, 0.2) is 109 Å². The van der Waals surface area contributed by atoms with Gasteiger partial charge < -0.3 is 33.3 Å². The molecular weight excluding hydrogens is 983 g/mol. The zero-order chi connectivity index (χ0) is 57.6. The van der Waals surface area contributed by atoms with Crippen LogP contribution in [0.3, 0.4) is 0 Å². The second kappa shape index (κ2) is 60.1. The first-order valence-corrected chi connectivity index (χ1v) is 32.0. The standard InChI is InChI=1S/C70H119NO8/c1-6-8-10-12-14-16-18-20-22-24-25-26-27-28-29-30-31-32-33-34-35-36-37-38-39-40-41-42-43-45-47-49-51-53-55-57-59-61-68(73)79-66(65-78-70(69(74)75)76-63-62-71(3,4)5)64-77-67(72)60-58-56-54-52-50-48-46-44-23-21-19-17-15-13-11-9-7-2/h8,10,14,16,20,22,25-26,28-29,31-32,34-35,37-38,40-41,66,70H,6-7,9,11-13,15,17-19,21,23-24,27,30,33,36,39,42-65H2,1-5H3/b10-8-,16-14-,22-20-,26-25-,29-28-,32-31-,35-34-,38-37-,41-40-. The van der Waals surface area contributed by atoms with E-state index in [4.69, 9.17) is 18.9 Å². The van der Waals surface area contributed by atoms with Gasteiger partial charge in [-0.25, -0.2) is 0 Å². The van der Waals surface area contributed by atoms with Crippen molar-refractivity contribution < 1.29 is 42.9 Å². The first-order chi connectivity index (χ1) is 38.6. The van der Waals surface area contributed by atoms with Crippen molar-refractivity contribution in [1.82, 2.24) is 0 Å². The SMILES string of the molecule is CC/C=C\C/C=C\C/C=C\C/C=C\C/C=C\C/C=C\C/C=C\C/C=C\C/C=C\CCCCCCCCCCCC(=O)OC(COC(=O)CCCCCCCCCCCCCCCCCCC)COC(OCC[N+](C)(C)C)C(=O)[O-]. The van der Waals surface area contributed by atoms with E-state index in [1.807, 2.05) is 21.1 Å². The second-order valence-electron chi connectivity index (χ2n) is 22.3. The van der Waals surface area contributed by atoms with E-state index in [1.165, 1.54) is 122 Å². The highest BCUT2D eigenvalue weighted by molar-refractivity contribution is 5.70. The van der Waals surface area contributed by atoms with Crippen molar-refractivity contribution >= 4 is 17.9 Å². The number of carbonyl (C=O) groups excluding carboxylic acids is 3.